The summed E-state index contributed by atoms with van der Waals surface area (Å²) >= 11 is 0. The summed E-state index contributed by atoms with van der Waals surface area (Å²) in [6, 6.07) is 70.9. The van der Waals surface area contributed by atoms with Gasteiger partial charge in [-0.3, -0.25) is 0 Å². The smallest absolute Gasteiger partial charge is 0.177 e. The highest BCUT2D eigenvalue weighted by molar-refractivity contribution is 5.97. The number of allylic oxidation sites excluding steroid dienone is 1. The van der Waals surface area contributed by atoms with Crippen molar-refractivity contribution in [2.45, 2.75) is 118 Å². The van der Waals surface area contributed by atoms with Crippen LogP contribution >= 0.6 is 0 Å². The minimum Gasteiger partial charge on any atom is -0.321 e. The fourth-order valence-electron chi connectivity index (χ4n) is 11.6. The van der Waals surface area contributed by atoms with E-state index in [0.29, 0.717) is 0 Å². The molecule has 402 valence electrons. The second-order valence-electron chi connectivity index (χ2n) is 21.7. The number of imidazole rings is 2. The first-order valence-electron chi connectivity index (χ1n) is 29.6. The Labute approximate surface area is 474 Å². The van der Waals surface area contributed by atoms with E-state index >= 15 is 0 Å². The molecule has 6 heteroatoms. The van der Waals surface area contributed by atoms with Crippen molar-refractivity contribution < 1.29 is 0 Å². The van der Waals surface area contributed by atoms with E-state index in [1.54, 1.807) is 0 Å². The maximum Gasteiger partial charge on any atom is 0.177 e. The van der Waals surface area contributed by atoms with Gasteiger partial charge < -0.3 is 18.9 Å². The summed E-state index contributed by atoms with van der Waals surface area (Å²) in [4.78, 5) is 15.8. The third-order valence-corrected chi connectivity index (χ3v) is 15.8. The molecule has 80 heavy (non-hydrogen) atoms. The number of benzene rings is 9. The Kier molecular flexibility index (Phi) is 17.1. The number of aromatic nitrogens is 4. The Morgan fingerprint density at radius 1 is 0.388 bits per heavy atom. The van der Waals surface area contributed by atoms with Crippen LogP contribution < -0.4 is 9.80 Å². The van der Waals surface area contributed by atoms with Crippen LogP contribution in [0.1, 0.15) is 120 Å². The van der Waals surface area contributed by atoms with E-state index < -0.39 is 0 Å². The van der Waals surface area contributed by atoms with E-state index in [9.17, 15) is 0 Å². The molecule has 0 aliphatic rings. The molecule has 0 N–H and O–H groups in total. The van der Waals surface area contributed by atoms with Gasteiger partial charge in [-0.2, -0.15) is 0 Å². The van der Waals surface area contributed by atoms with Crippen molar-refractivity contribution in [1.82, 2.24) is 19.1 Å². The van der Waals surface area contributed by atoms with Gasteiger partial charge in [-0.25, -0.2) is 9.97 Å². The lowest BCUT2D eigenvalue weighted by Crippen LogP contribution is -2.15. The van der Waals surface area contributed by atoms with Crippen molar-refractivity contribution in [3.05, 3.63) is 222 Å². The first kappa shape index (κ1) is 53.5. The third kappa shape index (κ3) is 11.9. The van der Waals surface area contributed by atoms with Gasteiger partial charge >= 0.3 is 0 Å². The van der Waals surface area contributed by atoms with E-state index in [0.717, 1.165) is 105 Å². The Balaban J connectivity index is 1.08. The molecule has 2 aromatic heterocycles. The van der Waals surface area contributed by atoms with Crippen LogP contribution in [0.4, 0.5) is 34.1 Å². The fraction of sp³-hybridized carbons (Fsp3) is 0.243. The molecule has 11 aromatic rings. The van der Waals surface area contributed by atoms with Crippen molar-refractivity contribution in [2.75, 3.05) is 9.80 Å². The van der Waals surface area contributed by atoms with E-state index in [-0.39, 0.29) is 0 Å². The monoisotopic (exact) mass is 1050 g/mol. The minimum atomic E-state index is 0.881. The van der Waals surface area contributed by atoms with Crippen LogP contribution in [0, 0.1) is 6.92 Å². The summed E-state index contributed by atoms with van der Waals surface area (Å²) in [5, 5.41) is 4.81. The Morgan fingerprint density at radius 2 is 0.875 bits per heavy atom. The maximum absolute atomic E-state index is 5.52. The first-order valence-corrected chi connectivity index (χ1v) is 29.6. The molecule has 0 amide bonds. The van der Waals surface area contributed by atoms with Gasteiger partial charge in [-0.15, -0.1) is 0 Å². The van der Waals surface area contributed by atoms with Crippen molar-refractivity contribution in [3.63, 3.8) is 0 Å². The maximum atomic E-state index is 5.52. The molecule has 2 heterocycles. The van der Waals surface area contributed by atoms with Crippen LogP contribution in [0.15, 0.2) is 200 Å². The molecule has 6 nitrogen and oxygen atoms in total. The topological polar surface area (TPSA) is 42.1 Å². The van der Waals surface area contributed by atoms with Crippen molar-refractivity contribution in [1.29, 1.82) is 0 Å². The van der Waals surface area contributed by atoms with Crippen molar-refractivity contribution >= 4 is 96.0 Å². The number of para-hydroxylation sites is 2. The van der Waals surface area contributed by atoms with Crippen molar-refractivity contribution in [3.8, 4) is 11.6 Å². The summed E-state index contributed by atoms with van der Waals surface area (Å²) in [6.45, 7) is 10.7. The average molecular weight is 1050 g/mol. The number of fused-ring (bicyclic) bond motifs is 4. The SMILES string of the molecule is CC=Cc1cc(N(c2ccccc2)c2ccc3ccccc3c2)c(C=Cc2ccc3nc(-c4nc5cc(C)ccc5n4CCCCCCCC)n(CCCCCCCC)c3c2)cc1N(c1ccccc1)c1ccc2ccccc2c1. The van der Waals surface area contributed by atoms with Crippen LogP contribution in [-0.2, 0) is 13.1 Å². The zero-order valence-electron chi connectivity index (χ0n) is 47.4. The van der Waals surface area contributed by atoms with Gasteiger partial charge in [-0.1, -0.05) is 212 Å². The van der Waals surface area contributed by atoms with E-state index in [1.165, 1.54) is 96.8 Å². The lowest BCUT2D eigenvalue weighted by atomic mass is 9.99. The van der Waals surface area contributed by atoms with E-state index in [2.05, 4.69) is 265 Å². The lowest BCUT2D eigenvalue weighted by molar-refractivity contribution is 0.556. The predicted molar refractivity (Wildman–Crippen MR) is 344 cm³/mol. The lowest BCUT2D eigenvalue weighted by Gasteiger charge is -2.32. The van der Waals surface area contributed by atoms with E-state index in [4.69, 9.17) is 9.97 Å². The Bertz CT molecular complexity index is 3920. The second-order valence-corrected chi connectivity index (χ2v) is 21.7. The Hall–Kier alpha value is -8.48. The zero-order valence-corrected chi connectivity index (χ0v) is 47.4. The normalized spacial score (nSPS) is 11.8. The average Bonchev–Trinajstić information content (AvgIpc) is 4.23. The molecule has 0 saturated carbocycles. The van der Waals surface area contributed by atoms with Gasteiger partial charge in [-0.05, 0) is 144 Å². The van der Waals surface area contributed by atoms with Gasteiger partial charge in [0.2, 0.25) is 0 Å². The molecule has 0 unspecified atom stereocenters. The minimum absolute atomic E-state index is 0.881. The number of rotatable bonds is 24. The van der Waals surface area contributed by atoms with Crippen LogP contribution in [-0.4, -0.2) is 19.1 Å². The molecular formula is C74H76N6. The van der Waals surface area contributed by atoms with E-state index in [1.807, 2.05) is 0 Å². The number of hydrogen-bond acceptors (Lipinski definition) is 4. The molecule has 0 fully saturated rings. The highest BCUT2D eigenvalue weighted by Gasteiger charge is 2.24. The summed E-state index contributed by atoms with van der Waals surface area (Å²) in [7, 11) is 0. The van der Waals surface area contributed by atoms with Gasteiger partial charge in [0.1, 0.15) is 0 Å². The van der Waals surface area contributed by atoms with Crippen LogP contribution in [0.3, 0.4) is 0 Å². The van der Waals surface area contributed by atoms with Gasteiger partial charge in [0, 0.05) is 47.0 Å². The summed E-state index contributed by atoms with van der Waals surface area (Å²) in [6.07, 6.45) is 23.9. The molecule has 11 rings (SSSR count). The van der Waals surface area contributed by atoms with Gasteiger partial charge in [0.25, 0.3) is 0 Å². The number of aryl methyl sites for hydroxylation is 3. The molecular weight excluding hydrogens is 973 g/mol. The molecule has 0 saturated heterocycles. The predicted octanol–water partition coefficient (Wildman–Crippen LogP) is 21.5. The summed E-state index contributed by atoms with van der Waals surface area (Å²) < 4.78 is 4.96. The van der Waals surface area contributed by atoms with Gasteiger partial charge in [0.05, 0.1) is 33.4 Å². The standard InChI is InChI=1S/C74H76N6/c1-5-8-10-12-14-26-47-77-69-46-37-55(4)49-68(69)76-74(77)73-75-67-45-39-56(50-72(67)78(73)48-27-15-13-11-9-6-2)38-40-62-54-70(79(63-33-18-16-19-34-63)65-43-41-57-29-22-24-31-59(57)51-65)61(28-7-3)53-71(62)80(64-35-20-17-21-36-64)66-44-42-58-30-23-25-32-60(58)52-66/h7,16-25,28-46,49-54H,5-6,8-15,26-27,47-48H2,1-4H3. The van der Waals surface area contributed by atoms with Crippen molar-refractivity contribution in [2.24, 2.45) is 0 Å². The number of nitrogens with zero attached hydrogens (tertiary/aromatic N) is 6. The molecule has 9 aromatic carbocycles. The molecule has 0 atom stereocenters. The Morgan fingerprint density at radius 3 is 1.43 bits per heavy atom. The van der Waals surface area contributed by atoms with Crippen LogP contribution in [0.25, 0.3) is 73.5 Å². The fourth-order valence-corrected chi connectivity index (χ4v) is 11.6. The molecule has 0 spiro atoms. The largest absolute Gasteiger partial charge is 0.321 e. The molecule has 0 aliphatic heterocycles. The number of anilines is 6. The molecule has 0 bridgehead atoms. The zero-order chi connectivity index (χ0) is 54.6. The summed E-state index contributed by atoms with van der Waals surface area (Å²) in [5.41, 5.74) is 15.4. The van der Waals surface area contributed by atoms with Crippen LogP contribution in [0.5, 0.6) is 0 Å². The number of unbranched alkanes of at least 4 members (excludes halogenated alkanes) is 10. The first-order chi connectivity index (χ1) is 39.5. The second kappa shape index (κ2) is 25.5. The molecule has 0 aliphatic carbocycles. The van der Waals surface area contributed by atoms with Gasteiger partial charge in [0.15, 0.2) is 11.6 Å². The van der Waals surface area contributed by atoms with Crippen LogP contribution in [0.2, 0.25) is 0 Å². The highest BCUT2D eigenvalue weighted by Crippen LogP contribution is 2.46. The highest BCUT2D eigenvalue weighted by atomic mass is 15.2. The quantitative estimate of drug-likeness (QED) is 0.0447. The number of hydrogen-bond donors (Lipinski definition) is 0. The summed E-state index contributed by atoms with van der Waals surface area (Å²) in [5.74, 6) is 1.94. The third-order valence-electron chi connectivity index (χ3n) is 15.8. The molecule has 0 radical (unpaired) electrons.